The van der Waals surface area contributed by atoms with Crippen LogP contribution in [0.3, 0.4) is 0 Å². The average Bonchev–Trinajstić information content (AvgIpc) is 2.89. The third kappa shape index (κ3) is 5.22. The molecular weight excluding hydrogens is 450 g/mol. The number of carbonyl (C=O) groups excluding carboxylic acids is 1. The zero-order valence-electron chi connectivity index (χ0n) is 22.2. The maximum atomic E-state index is 13.7. The lowest BCUT2D eigenvalue weighted by Gasteiger charge is -2.39. The molecule has 36 heavy (non-hydrogen) atoms. The van der Waals surface area contributed by atoms with Crippen molar-refractivity contribution >= 4 is 11.6 Å². The molecule has 4 rings (SSSR count). The minimum atomic E-state index is -0.500. The molecule has 0 saturated carbocycles. The van der Waals surface area contributed by atoms with Gasteiger partial charge < -0.3 is 19.5 Å². The summed E-state index contributed by atoms with van der Waals surface area (Å²) >= 11 is 0. The van der Waals surface area contributed by atoms with Crippen molar-refractivity contribution in [3.05, 3.63) is 76.9 Å². The number of anilines is 1. The van der Waals surface area contributed by atoms with Crippen molar-refractivity contribution < 1.29 is 19.4 Å². The van der Waals surface area contributed by atoms with Crippen LogP contribution in [0.5, 0.6) is 11.5 Å². The molecule has 0 fully saturated rings. The van der Waals surface area contributed by atoms with Crippen molar-refractivity contribution in [2.24, 2.45) is 0 Å². The molecule has 5 heteroatoms. The number of rotatable bonds is 9. The predicted octanol–water partition coefficient (Wildman–Crippen LogP) is 6.65. The van der Waals surface area contributed by atoms with Crippen LogP contribution in [0.15, 0.2) is 60.2 Å². The van der Waals surface area contributed by atoms with Gasteiger partial charge in [0, 0.05) is 5.69 Å². The summed E-state index contributed by atoms with van der Waals surface area (Å²) in [7, 11) is 1.63. The van der Waals surface area contributed by atoms with E-state index < -0.39 is 6.10 Å². The van der Waals surface area contributed by atoms with Gasteiger partial charge in [0.25, 0.3) is 0 Å². The zero-order chi connectivity index (χ0) is 25.8. The van der Waals surface area contributed by atoms with E-state index >= 15 is 0 Å². The van der Waals surface area contributed by atoms with Gasteiger partial charge >= 0.3 is 0 Å². The molecule has 5 nitrogen and oxygen atoms in total. The maximum Gasteiger partial charge on any atom is 0.232 e. The van der Waals surface area contributed by atoms with Gasteiger partial charge in [-0.1, -0.05) is 51.1 Å². The molecule has 3 unspecified atom stereocenters. The molecule has 2 aromatic rings. The third-order valence-electron chi connectivity index (χ3n) is 7.54. The molecule has 0 bridgehead atoms. The minimum absolute atomic E-state index is 0.0401. The van der Waals surface area contributed by atoms with Crippen LogP contribution in [0.25, 0.3) is 0 Å². The van der Waals surface area contributed by atoms with Gasteiger partial charge in [-0.3, -0.25) is 4.79 Å². The van der Waals surface area contributed by atoms with Crippen LogP contribution < -0.4 is 14.4 Å². The molecule has 192 valence electrons. The lowest BCUT2D eigenvalue weighted by Crippen LogP contribution is -2.41. The van der Waals surface area contributed by atoms with E-state index in [-0.39, 0.29) is 18.1 Å². The standard InChI is InChI=1S/C31H39NO4/c1-6-20(4)36-29-19-27-24(17-28(29)35-5)18-30(34)32(31(27)23-11-15-26(33)16-12-23)25-13-9-22(10-14-25)21(7-2)8-3/h9-15,17,19-21,26,31,33H,6-8,16,18H2,1-5H3. The Morgan fingerprint density at radius 3 is 2.36 bits per heavy atom. The van der Waals surface area contributed by atoms with Gasteiger partial charge in [-0.15, -0.1) is 0 Å². The molecule has 3 atom stereocenters. The van der Waals surface area contributed by atoms with Gasteiger partial charge in [0.2, 0.25) is 5.91 Å². The first-order chi connectivity index (χ1) is 17.4. The first-order valence-electron chi connectivity index (χ1n) is 13.3. The fourth-order valence-corrected chi connectivity index (χ4v) is 5.23. The molecule has 0 saturated heterocycles. The molecule has 1 aliphatic heterocycles. The van der Waals surface area contributed by atoms with E-state index in [1.807, 2.05) is 42.2 Å². The molecule has 1 N–H and O–H groups in total. The van der Waals surface area contributed by atoms with Gasteiger partial charge in [-0.05, 0) is 85.1 Å². The number of nitrogens with zero attached hydrogens (tertiary/aromatic N) is 1. The molecule has 2 aliphatic rings. The summed E-state index contributed by atoms with van der Waals surface area (Å²) in [6.07, 6.45) is 9.23. The molecule has 0 radical (unpaired) electrons. The number of hydrogen-bond acceptors (Lipinski definition) is 4. The second kappa shape index (κ2) is 11.3. The summed E-state index contributed by atoms with van der Waals surface area (Å²) in [5, 5.41) is 10.1. The van der Waals surface area contributed by atoms with Crippen molar-refractivity contribution in [1.82, 2.24) is 0 Å². The fourth-order valence-electron chi connectivity index (χ4n) is 5.23. The van der Waals surface area contributed by atoms with Crippen LogP contribution in [-0.2, 0) is 11.2 Å². The summed E-state index contributed by atoms with van der Waals surface area (Å²) < 4.78 is 11.9. The highest BCUT2D eigenvalue weighted by Gasteiger charge is 2.37. The summed E-state index contributed by atoms with van der Waals surface area (Å²) in [5.74, 6) is 1.90. The minimum Gasteiger partial charge on any atom is -0.493 e. The normalized spacial score (nSPS) is 20.2. The van der Waals surface area contributed by atoms with E-state index in [0.29, 0.717) is 30.3 Å². The van der Waals surface area contributed by atoms with Crippen molar-refractivity contribution in [3.63, 3.8) is 0 Å². The third-order valence-corrected chi connectivity index (χ3v) is 7.54. The Morgan fingerprint density at radius 2 is 1.78 bits per heavy atom. The number of carbonyl (C=O) groups is 1. The lowest BCUT2D eigenvalue weighted by molar-refractivity contribution is -0.118. The Kier molecular flexibility index (Phi) is 8.20. The Balaban J connectivity index is 1.82. The fraction of sp³-hybridized carbons (Fsp3) is 0.452. The molecular formula is C31H39NO4. The number of aliphatic hydroxyl groups excluding tert-OH is 1. The molecule has 1 amide bonds. The Bertz CT molecular complexity index is 1130. The van der Waals surface area contributed by atoms with Crippen molar-refractivity contribution in [1.29, 1.82) is 0 Å². The van der Waals surface area contributed by atoms with Crippen LogP contribution in [0.2, 0.25) is 0 Å². The maximum absolute atomic E-state index is 13.7. The average molecular weight is 490 g/mol. The van der Waals surface area contributed by atoms with Crippen molar-refractivity contribution in [2.45, 2.75) is 84.0 Å². The monoisotopic (exact) mass is 489 g/mol. The smallest absolute Gasteiger partial charge is 0.232 e. The van der Waals surface area contributed by atoms with Crippen LogP contribution >= 0.6 is 0 Å². The molecule has 2 aromatic carbocycles. The highest BCUT2D eigenvalue weighted by molar-refractivity contribution is 5.98. The predicted molar refractivity (Wildman–Crippen MR) is 145 cm³/mol. The number of fused-ring (bicyclic) bond motifs is 1. The van der Waals surface area contributed by atoms with Gasteiger partial charge in [0.1, 0.15) is 0 Å². The number of aliphatic hydroxyl groups is 1. The van der Waals surface area contributed by atoms with Gasteiger partial charge in [-0.25, -0.2) is 0 Å². The Hall–Kier alpha value is -3.05. The number of benzene rings is 2. The number of ether oxygens (including phenoxy) is 2. The molecule has 1 heterocycles. The largest absolute Gasteiger partial charge is 0.493 e. The summed E-state index contributed by atoms with van der Waals surface area (Å²) in [5.41, 5.74) is 5.16. The summed E-state index contributed by atoms with van der Waals surface area (Å²) in [4.78, 5) is 15.6. The SMILES string of the molecule is CCC(C)Oc1cc2c(cc1OC)CC(=O)N(c1ccc(C(CC)CC)cc1)C2C1=CCC(O)C=C1. The van der Waals surface area contributed by atoms with E-state index in [2.05, 4.69) is 45.0 Å². The van der Waals surface area contributed by atoms with Crippen molar-refractivity contribution in [2.75, 3.05) is 12.0 Å². The topological polar surface area (TPSA) is 59.0 Å². The number of amides is 1. The molecule has 0 aromatic heterocycles. The summed E-state index contributed by atoms with van der Waals surface area (Å²) in [6.45, 7) is 8.56. The van der Waals surface area contributed by atoms with Gasteiger partial charge in [-0.2, -0.15) is 0 Å². The Labute approximate surface area is 215 Å². The quantitative estimate of drug-likeness (QED) is 0.428. The van der Waals surface area contributed by atoms with Crippen LogP contribution in [0.4, 0.5) is 5.69 Å². The molecule has 1 aliphatic carbocycles. The molecule has 0 spiro atoms. The van der Waals surface area contributed by atoms with E-state index in [1.54, 1.807) is 7.11 Å². The van der Waals surface area contributed by atoms with E-state index in [4.69, 9.17) is 9.47 Å². The highest BCUT2D eigenvalue weighted by Crippen LogP contribution is 2.45. The Morgan fingerprint density at radius 1 is 1.06 bits per heavy atom. The highest BCUT2D eigenvalue weighted by atomic mass is 16.5. The summed E-state index contributed by atoms with van der Waals surface area (Å²) in [6, 6.07) is 12.2. The van der Waals surface area contributed by atoms with Crippen LogP contribution in [-0.4, -0.2) is 30.3 Å². The van der Waals surface area contributed by atoms with Gasteiger partial charge in [0.05, 0.1) is 31.8 Å². The number of methoxy groups -OCH3 is 1. The van der Waals surface area contributed by atoms with Crippen LogP contribution in [0.1, 0.15) is 82.0 Å². The van der Waals surface area contributed by atoms with E-state index in [0.717, 1.165) is 41.6 Å². The van der Waals surface area contributed by atoms with Crippen LogP contribution in [0, 0.1) is 0 Å². The number of hydrogen-bond donors (Lipinski definition) is 1. The first-order valence-corrected chi connectivity index (χ1v) is 13.3. The second-order valence-electron chi connectivity index (χ2n) is 9.85. The van der Waals surface area contributed by atoms with Crippen molar-refractivity contribution in [3.8, 4) is 11.5 Å². The first kappa shape index (κ1) is 26.0. The lowest BCUT2D eigenvalue weighted by atomic mass is 9.84. The second-order valence-corrected chi connectivity index (χ2v) is 9.85. The van der Waals surface area contributed by atoms with Gasteiger partial charge in [0.15, 0.2) is 11.5 Å². The zero-order valence-corrected chi connectivity index (χ0v) is 22.2. The van der Waals surface area contributed by atoms with E-state index in [9.17, 15) is 9.90 Å². The van der Waals surface area contributed by atoms with E-state index in [1.165, 1.54) is 5.56 Å².